The summed E-state index contributed by atoms with van der Waals surface area (Å²) in [7, 11) is 0. The number of thiazole rings is 1. The third kappa shape index (κ3) is 4.76. The Kier molecular flexibility index (Phi) is 5.87. The van der Waals surface area contributed by atoms with Crippen molar-refractivity contribution in [3.05, 3.63) is 24.3 Å². The second kappa shape index (κ2) is 7.43. The summed E-state index contributed by atoms with van der Waals surface area (Å²) in [6.45, 7) is 11.5. The van der Waals surface area contributed by atoms with Crippen LogP contribution in [0.1, 0.15) is 27.7 Å². The molecule has 0 atom stereocenters. The molecule has 110 valence electrons. The van der Waals surface area contributed by atoms with Gasteiger partial charge in [-0.2, -0.15) is 0 Å². The van der Waals surface area contributed by atoms with E-state index in [-0.39, 0.29) is 0 Å². The molecule has 0 aliphatic carbocycles. The molecular weight excluding hydrogens is 284 g/mol. The van der Waals surface area contributed by atoms with Crippen LogP contribution in [0.5, 0.6) is 0 Å². The molecule has 0 amide bonds. The normalized spacial score (nSPS) is 12.2. The second-order valence-electron chi connectivity index (χ2n) is 6.04. The molecule has 0 radical (unpaired) electrons. The Morgan fingerprint density at radius 1 is 1.10 bits per heavy atom. The van der Waals surface area contributed by atoms with Gasteiger partial charge in [0.05, 0.1) is 16.1 Å². The van der Waals surface area contributed by atoms with Crippen LogP contribution in [0.2, 0.25) is 0 Å². The fraction of sp³-hybridized carbons (Fsp3) is 0.562. The average Bonchev–Trinajstić information content (AvgIpc) is 2.77. The van der Waals surface area contributed by atoms with E-state index in [1.54, 1.807) is 11.3 Å². The maximum atomic E-state index is 4.70. The molecule has 1 heterocycles. The smallest absolute Gasteiger partial charge is 0.152 e. The highest BCUT2D eigenvalue weighted by atomic mass is 32.2. The quantitative estimate of drug-likeness (QED) is 0.531. The summed E-state index contributed by atoms with van der Waals surface area (Å²) in [5.41, 5.74) is 1.12. The van der Waals surface area contributed by atoms with Crippen LogP contribution in [0, 0.1) is 11.8 Å². The van der Waals surface area contributed by atoms with E-state index >= 15 is 0 Å². The van der Waals surface area contributed by atoms with Crippen molar-refractivity contribution in [2.24, 2.45) is 11.8 Å². The molecule has 0 spiro atoms. The molecule has 0 saturated carbocycles. The van der Waals surface area contributed by atoms with Crippen molar-refractivity contribution in [1.29, 1.82) is 0 Å². The summed E-state index contributed by atoms with van der Waals surface area (Å²) in [6.07, 6.45) is 0. The molecule has 2 aromatic rings. The summed E-state index contributed by atoms with van der Waals surface area (Å²) in [6, 6.07) is 8.38. The molecular formula is C16H24N2S2. The Hall–Kier alpha value is -0.580. The number of para-hydroxylation sites is 1. The van der Waals surface area contributed by atoms with Crippen LogP contribution < -0.4 is 0 Å². The van der Waals surface area contributed by atoms with Crippen molar-refractivity contribution >= 4 is 33.3 Å². The molecule has 1 aromatic heterocycles. The number of hydrogen-bond acceptors (Lipinski definition) is 4. The molecule has 4 heteroatoms. The Bertz CT molecular complexity index is 491. The Morgan fingerprint density at radius 2 is 1.75 bits per heavy atom. The second-order valence-corrected chi connectivity index (χ2v) is 8.27. The lowest BCUT2D eigenvalue weighted by Crippen LogP contribution is -2.31. The maximum Gasteiger partial charge on any atom is 0.152 e. The van der Waals surface area contributed by atoms with E-state index in [4.69, 9.17) is 4.98 Å². The largest absolute Gasteiger partial charge is 0.293 e. The minimum Gasteiger partial charge on any atom is -0.293 e. The zero-order chi connectivity index (χ0) is 14.5. The molecule has 0 N–H and O–H groups in total. The number of aromatic nitrogens is 1. The van der Waals surface area contributed by atoms with Gasteiger partial charge in [0.25, 0.3) is 0 Å². The Labute approximate surface area is 130 Å². The standard InChI is InChI=1S/C16H24N2S2/c1-12(2)9-18(10-13(3)4)11-19-16-17-14-7-5-6-8-15(14)20-16/h5-8,12-13H,9-11H2,1-4H3. The fourth-order valence-corrected chi connectivity index (χ4v) is 4.30. The van der Waals surface area contributed by atoms with Crippen molar-refractivity contribution in [2.45, 2.75) is 32.0 Å². The topological polar surface area (TPSA) is 16.1 Å². The van der Waals surface area contributed by atoms with Gasteiger partial charge >= 0.3 is 0 Å². The summed E-state index contributed by atoms with van der Waals surface area (Å²) < 4.78 is 2.47. The van der Waals surface area contributed by atoms with Crippen molar-refractivity contribution in [3.8, 4) is 0 Å². The van der Waals surface area contributed by atoms with Crippen molar-refractivity contribution < 1.29 is 0 Å². The number of benzene rings is 1. The molecule has 0 saturated heterocycles. The lowest BCUT2D eigenvalue weighted by atomic mass is 10.1. The number of fused-ring (bicyclic) bond motifs is 1. The lowest BCUT2D eigenvalue weighted by Gasteiger charge is -2.25. The van der Waals surface area contributed by atoms with Crippen molar-refractivity contribution in [2.75, 3.05) is 19.0 Å². The van der Waals surface area contributed by atoms with E-state index in [0.29, 0.717) is 11.8 Å². The van der Waals surface area contributed by atoms with Crippen LogP contribution in [0.4, 0.5) is 0 Å². The van der Waals surface area contributed by atoms with Crippen LogP contribution in [-0.4, -0.2) is 28.9 Å². The van der Waals surface area contributed by atoms with Gasteiger partial charge in [0.1, 0.15) is 0 Å². The van der Waals surface area contributed by atoms with E-state index in [9.17, 15) is 0 Å². The van der Waals surface area contributed by atoms with E-state index in [0.717, 1.165) is 24.5 Å². The van der Waals surface area contributed by atoms with Crippen molar-refractivity contribution in [3.63, 3.8) is 0 Å². The van der Waals surface area contributed by atoms with E-state index in [1.165, 1.54) is 9.04 Å². The number of nitrogens with zero attached hydrogens (tertiary/aromatic N) is 2. The van der Waals surface area contributed by atoms with Crippen LogP contribution in [0.15, 0.2) is 28.6 Å². The van der Waals surface area contributed by atoms with Crippen LogP contribution in [0.25, 0.3) is 10.2 Å². The first-order valence-corrected chi connectivity index (χ1v) is 9.05. The highest BCUT2D eigenvalue weighted by molar-refractivity contribution is 8.01. The minimum absolute atomic E-state index is 0.713. The van der Waals surface area contributed by atoms with E-state index < -0.39 is 0 Å². The minimum atomic E-state index is 0.713. The van der Waals surface area contributed by atoms with Gasteiger partial charge in [0.2, 0.25) is 0 Å². The highest BCUT2D eigenvalue weighted by Crippen LogP contribution is 2.29. The fourth-order valence-electron chi connectivity index (χ4n) is 2.27. The van der Waals surface area contributed by atoms with Gasteiger partial charge in [-0.25, -0.2) is 4.98 Å². The maximum absolute atomic E-state index is 4.70. The third-order valence-electron chi connectivity index (χ3n) is 2.89. The number of rotatable bonds is 7. The van der Waals surface area contributed by atoms with Gasteiger partial charge in [0.15, 0.2) is 4.34 Å². The average molecular weight is 309 g/mol. The van der Waals surface area contributed by atoms with Gasteiger partial charge in [-0.15, -0.1) is 11.3 Å². The summed E-state index contributed by atoms with van der Waals surface area (Å²) >= 11 is 3.67. The predicted octanol–water partition coefficient (Wildman–Crippen LogP) is 4.96. The number of thioether (sulfide) groups is 1. The van der Waals surface area contributed by atoms with Gasteiger partial charge in [-0.05, 0) is 24.0 Å². The van der Waals surface area contributed by atoms with Gasteiger partial charge in [-0.1, -0.05) is 51.6 Å². The monoisotopic (exact) mass is 308 g/mol. The summed E-state index contributed by atoms with van der Waals surface area (Å²) in [5, 5.41) is 0. The zero-order valence-electron chi connectivity index (χ0n) is 12.8. The van der Waals surface area contributed by atoms with Gasteiger partial charge in [0, 0.05) is 13.1 Å². The Morgan fingerprint density at radius 3 is 2.35 bits per heavy atom. The first-order valence-electron chi connectivity index (χ1n) is 7.25. The van der Waals surface area contributed by atoms with Gasteiger partial charge in [-0.3, -0.25) is 4.90 Å². The van der Waals surface area contributed by atoms with Crippen LogP contribution in [-0.2, 0) is 0 Å². The highest BCUT2D eigenvalue weighted by Gasteiger charge is 2.11. The molecule has 1 aromatic carbocycles. The number of hydrogen-bond donors (Lipinski definition) is 0. The Balaban J connectivity index is 1.97. The summed E-state index contributed by atoms with van der Waals surface area (Å²) in [4.78, 5) is 7.25. The molecule has 2 nitrogen and oxygen atoms in total. The molecule has 2 rings (SSSR count). The molecule has 0 aliphatic heterocycles. The lowest BCUT2D eigenvalue weighted by molar-refractivity contribution is 0.255. The van der Waals surface area contributed by atoms with Crippen molar-refractivity contribution in [1.82, 2.24) is 9.88 Å². The van der Waals surface area contributed by atoms with E-state index in [1.807, 2.05) is 11.8 Å². The molecule has 0 unspecified atom stereocenters. The van der Waals surface area contributed by atoms with Gasteiger partial charge < -0.3 is 0 Å². The van der Waals surface area contributed by atoms with Crippen LogP contribution >= 0.6 is 23.1 Å². The molecule has 0 aliphatic rings. The molecule has 0 bridgehead atoms. The SMILES string of the molecule is CC(C)CN(CSc1nc2ccccc2s1)CC(C)C. The summed E-state index contributed by atoms with van der Waals surface area (Å²) in [5.74, 6) is 2.46. The third-order valence-corrected chi connectivity index (χ3v) is 5.16. The van der Waals surface area contributed by atoms with Crippen LogP contribution in [0.3, 0.4) is 0 Å². The zero-order valence-corrected chi connectivity index (χ0v) is 14.4. The van der Waals surface area contributed by atoms with E-state index in [2.05, 4.69) is 56.9 Å². The first kappa shape index (κ1) is 15.8. The first-order chi connectivity index (χ1) is 9.54. The molecule has 20 heavy (non-hydrogen) atoms. The predicted molar refractivity (Wildman–Crippen MR) is 91.6 cm³/mol. The molecule has 0 fully saturated rings.